The topological polar surface area (TPSA) is 105 Å². The molecule has 1 amide bonds. The predicted octanol–water partition coefficient (Wildman–Crippen LogP) is 0.870. The van der Waals surface area contributed by atoms with Gasteiger partial charge in [-0.1, -0.05) is 30.3 Å². The standard InChI is InChI=1S/C18H21N7O/c19-15(26)10-16-22-18(14-6-7-17-20-12-21-25(17)11-14)24(23-16)9-8-13-4-2-1-3-5-13/h1-5,12,14H,6-11H2,(H2,19,26). The van der Waals surface area contributed by atoms with E-state index in [-0.39, 0.29) is 12.3 Å². The van der Waals surface area contributed by atoms with Crippen LogP contribution in [-0.2, 0) is 37.1 Å². The predicted molar refractivity (Wildman–Crippen MR) is 94.2 cm³/mol. The first-order valence-corrected chi connectivity index (χ1v) is 8.81. The molecule has 3 heterocycles. The van der Waals surface area contributed by atoms with E-state index in [0.29, 0.717) is 12.4 Å². The van der Waals surface area contributed by atoms with Gasteiger partial charge in [0.05, 0.1) is 13.0 Å². The van der Waals surface area contributed by atoms with Crippen LogP contribution in [0.3, 0.4) is 0 Å². The summed E-state index contributed by atoms with van der Waals surface area (Å²) in [7, 11) is 0. The van der Waals surface area contributed by atoms with E-state index in [0.717, 1.165) is 37.5 Å². The highest BCUT2D eigenvalue weighted by Gasteiger charge is 2.26. The number of nitrogens with two attached hydrogens (primary N) is 1. The van der Waals surface area contributed by atoms with Crippen molar-refractivity contribution in [3.63, 3.8) is 0 Å². The van der Waals surface area contributed by atoms with Crippen molar-refractivity contribution in [1.82, 2.24) is 29.5 Å². The maximum Gasteiger partial charge on any atom is 0.225 e. The lowest BCUT2D eigenvalue weighted by Gasteiger charge is -2.22. The summed E-state index contributed by atoms with van der Waals surface area (Å²) in [6.45, 7) is 1.45. The van der Waals surface area contributed by atoms with Gasteiger partial charge in [-0.25, -0.2) is 19.3 Å². The van der Waals surface area contributed by atoms with E-state index in [9.17, 15) is 4.79 Å². The quantitative estimate of drug-likeness (QED) is 0.709. The minimum absolute atomic E-state index is 0.0621. The smallest absolute Gasteiger partial charge is 0.225 e. The third-order valence-corrected chi connectivity index (χ3v) is 4.70. The highest BCUT2D eigenvalue weighted by atomic mass is 16.1. The molecule has 0 aliphatic carbocycles. The average Bonchev–Trinajstić information content (AvgIpc) is 3.26. The van der Waals surface area contributed by atoms with Gasteiger partial charge in [-0.2, -0.15) is 10.2 Å². The molecule has 2 N–H and O–H groups in total. The SMILES string of the molecule is NC(=O)Cc1nc(C2CCc3ncnn3C2)n(CCc2ccccc2)n1. The molecule has 1 atom stereocenters. The highest BCUT2D eigenvalue weighted by molar-refractivity contribution is 5.75. The number of primary amides is 1. The molecule has 8 heteroatoms. The van der Waals surface area contributed by atoms with Crippen LogP contribution in [0.4, 0.5) is 0 Å². The Morgan fingerprint density at radius 3 is 2.92 bits per heavy atom. The van der Waals surface area contributed by atoms with Crippen molar-refractivity contribution in [2.75, 3.05) is 0 Å². The second-order valence-electron chi connectivity index (χ2n) is 6.58. The number of aromatic nitrogens is 6. The van der Waals surface area contributed by atoms with E-state index in [1.54, 1.807) is 6.33 Å². The molecule has 4 rings (SSSR count). The normalized spacial score (nSPS) is 16.4. The number of nitrogens with zero attached hydrogens (tertiary/aromatic N) is 6. The van der Waals surface area contributed by atoms with Gasteiger partial charge in [-0.3, -0.25) is 4.79 Å². The van der Waals surface area contributed by atoms with Crippen molar-refractivity contribution >= 4 is 5.91 Å². The summed E-state index contributed by atoms with van der Waals surface area (Å²) in [5, 5.41) is 8.83. The van der Waals surface area contributed by atoms with Gasteiger partial charge in [0.15, 0.2) is 5.82 Å². The van der Waals surface area contributed by atoms with Crippen LogP contribution in [-0.4, -0.2) is 35.4 Å². The molecule has 1 unspecified atom stereocenters. The van der Waals surface area contributed by atoms with Gasteiger partial charge in [0.1, 0.15) is 18.0 Å². The Balaban J connectivity index is 1.57. The zero-order chi connectivity index (χ0) is 17.9. The lowest BCUT2D eigenvalue weighted by Crippen LogP contribution is -2.23. The maximum absolute atomic E-state index is 11.3. The molecule has 0 radical (unpaired) electrons. The van der Waals surface area contributed by atoms with Crippen LogP contribution < -0.4 is 5.73 Å². The maximum atomic E-state index is 11.3. The summed E-state index contributed by atoms with van der Waals surface area (Å²) in [6, 6.07) is 10.3. The number of hydrogen-bond donors (Lipinski definition) is 1. The molecule has 1 aliphatic heterocycles. The van der Waals surface area contributed by atoms with E-state index in [4.69, 9.17) is 5.73 Å². The molecule has 134 valence electrons. The Kier molecular flexibility index (Phi) is 4.47. The van der Waals surface area contributed by atoms with E-state index in [1.165, 1.54) is 5.56 Å². The summed E-state index contributed by atoms with van der Waals surface area (Å²) in [5.41, 5.74) is 6.57. The lowest BCUT2D eigenvalue weighted by molar-refractivity contribution is -0.117. The van der Waals surface area contributed by atoms with Crippen molar-refractivity contribution in [2.45, 2.75) is 44.7 Å². The lowest BCUT2D eigenvalue weighted by atomic mass is 9.99. The average molecular weight is 351 g/mol. The Labute approximate surface area is 151 Å². The van der Waals surface area contributed by atoms with Crippen LogP contribution >= 0.6 is 0 Å². The first kappa shape index (κ1) is 16.4. The second kappa shape index (κ2) is 7.07. The number of carbonyl (C=O) groups is 1. The number of fused-ring (bicyclic) bond motifs is 1. The van der Waals surface area contributed by atoms with Gasteiger partial charge in [0, 0.05) is 18.9 Å². The number of benzene rings is 1. The summed E-state index contributed by atoms with van der Waals surface area (Å²) in [5.74, 6) is 2.19. The summed E-state index contributed by atoms with van der Waals surface area (Å²) in [4.78, 5) is 20.2. The highest BCUT2D eigenvalue weighted by Crippen LogP contribution is 2.26. The van der Waals surface area contributed by atoms with Crippen molar-refractivity contribution in [3.8, 4) is 0 Å². The fourth-order valence-corrected chi connectivity index (χ4v) is 3.43. The van der Waals surface area contributed by atoms with Gasteiger partial charge in [0.25, 0.3) is 0 Å². The molecule has 8 nitrogen and oxygen atoms in total. The third kappa shape index (κ3) is 3.49. The van der Waals surface area contributed by atoms with Gasteiger partial charge in [0.2, 0.25) is 5.91 Å². The number of amides is 1. The monoisotopic (exact) mass is 351 g/mol. The van der Waals surface area contributed by atoms with Crippen LogP contribution in [0, 0.1) is 0 Å². The van der Waals surface area contributed by atoms with Gasteiger partial charge >= 0.3 is 0 Å². The molecule has 1 aliphatic rings. The van der Waals surface area contributed by atoms with Crippen LogP contribution in [0.5, 0.6) is 0 Å². The largest absolute Gasteiger partial charge is 0.369 e. The minimum Gasteiger partial charge on any atom is -0.369 e. The van der Waals surface area contributed by atoms with E-state index < -0.39 is 5.91 Å². The molecule has 0 saturated heterocycles. The summed E-state index contributed by atoms with van der Waals surface area (Å²) < 4.78 is 3.86. The Bertz CT molecular complexity index is 899. The minimum atomic E-state index is -0.418. The zero-order valence-electron chi connectivity index (χ0n) is 14.5. The molecular formula is C18H21N7O. The third-order valence-electron chi connectivity index (χ3n) is 4.70. The molecule has 0 bridgehead atoms. The molecule has 26 heavy (non-hydrogen) atoms. The van der Waals surface area contributed by atoms with Gasteiger partial charge < -0.3 is 5.73 Å². The Morgan fingerprint density at radius 1 is 1.27 bits per heavy atom. The van der Waals surface area contributed by atoms with Crippen LogP contribution in [0.2, 0.25) is 0 Å². The number of aryl methyl sites for hydroxylation is 3. The fourth-order valence-electron chi connectivity index (χ4n) is 3.43. The van der Waals surface area contributed by atoms with Crippen molar-refractivity contribution in [3.05, 3.63) is 59.7 Å². The van der Waals surface area contributed by atoms with E-state index in [1.807, 2.05) is 27.6 Å². The van der Waals surface area contributed by atoms with Gasteiger partial charge in [-0.05, 0) is 18.4 Å². The molecule has 1 aromatic carbocycles. The molecule has 0 spiro atoms. The number of hydrogen-bond acceptors (Lipinski definition) is 5. The molecule has 3 aromatic rings. The molecule has 2 aromatic heterocycles. The van der Waals surface area contributed by atoms with E-state index in [2.05, 4.69) is 32.3 Å². The van der Waals surface area contributed by atoms with Crippen LogP contribution in [0.1, 0.15) is 35.4 Å². The van der Waals surface area contributed by atoms with Crippen molar-refractivity contribution in [2.24, 2.45) is 5.73 Å². The fraction of sp³-hybridized carbons (Fsp3) is 0.389. The molecule has 0 fully saturated rings. The Morgan fingerprint density at radius 2 is 2.12 bits per heavy atom. The summed E-state index contributed by atoms with van der Waals surface area (Å²) in [6.07, 6.45) is 4.32. The van der Waals surface area contributed by atoms with Crippen molar-refractivity contribution in [1.29, 1.82) is 0 Å². The molecular weight excluding hydrogens is 330 g/mol. The molecule has 0 saturated carbocycles. The summed E-state index contributed by atoms with van der Waals surface area (Å²) >= 11 is 0. The van der Waals surface area contributed by atoms with Crippen molar-refractivity contribution < 1.29 is 4.79 Å². The first-order chi connectivity index (χ1) is 12.7. The second-order valence-corrected chi connectivity index (χ2v) is 6.58. The number of carbonyl (C=O) groups excluding carboxylic acids is 1. The zero-order valence-corrected chi connectivity index (χ0v) is 14.5. The number of rotatable bonds is 6. The van der Waals surface area contributed by atoms with Crippen LogP contribution in [0.15, 0.2) is 36.7 Å². The first-order valence-electron chi connectivity index (χ1n) is 8.81. The van der Waals surface area contributed by atoms with Crippen LogP contribution in [0.25, 0.3) is 0 Å². The van der Waals surface area contributed by atoms with Gasteiger partial charge in [-0.15, -0.1) is 0 Å². The Hall–Kier alpha value is -3.03. The van der Waals surface area contributed by atoms with E-state index >= 15 is 0 Å².